The molecule has 2 atom stereocenters. The van der Waals surface area contributed by atoms with Crippen molar-refractivity contribution in [2.45, 2.75) is 25.8 Å². The zero-order valence-electron chi connectivity index (χ0n) is 14.3. The molecule has 1 amide bonds. The molecule has 0 saturated carbocycles. The van der Waals surface area contributed by atoms with Crippen molar-refractivity contribution in [3.8, 4) is 0 Å². The lowest BCUT2D eigenvalue weighted by molar-refractivity contribution is 0.102. The molecule has 2 heterocycles. The van der Waals surface area contributed by atoms with E-state index in [9.17, 15) is 4.79 Å². The number of hydrogen-bond donors (Lipinski definition) is 4. The third-order valence-corrected chi connectivity index (χ3v) is 4.39. The summed E-state index contributed by atoms with van der Waals surface area (Å²) < 4.78 is 0. The molecular formula is C18H24N6O. The first-order valence-electron chi connectivity index (χ1n) is 8.65. The van der Waals surface area contributed by atoms with E-state index in [-0.39, 0.29) is 5.91 Å². The highest BCUT2D eigenvalue weighted by Crippen LogP contribution is 2.14. The van der Waals surface area contributed by atoms with Crippen molar-refractivity contribution in [2.75, 3.05) is 23.7 Å². The minimum atomic E-state index is -0.263. The summed E-state index contributed by atoms with van der Waals surface area (Å²) in [6, 6.07) is 13.3. The molecule has 7 nitrogen and oxygen atoms in total. The molecule has 0 spiro atoms. The highest BCUT2D eigenvalue weighted by molar-refractivity contribution is 6.02. The molecule has 1 aliphatic rings. The Balaban J connectivity index is 1.43. The van der Waals surface area contributed by atoms with Crippen molar-refractivity contribution < 1.29 is 4.79 Å². The standard InChI is InChI=1S/C18H24N6O/c1-13-14(12-20-22-13)6-5-11-19-17-10-9-16(23-24-17)18(25)21-15-7-3-2-4-8-15/h2-4,7-10,13-14,20,22H,5-6,11-12H2,1H3,(H,19,24)(H,21,25). The fraction of sp³-hybridized carbons (Fsp3) is 0.389. The van der Waals surface area contributed by atoms with E-state index < -0.39 is 0 Å². The van der Waals surface area contributed by atoms with Crippen LogP contribution in [0.2, 0.25) is 0 Å². The van der Waals surface area contributed by atoms with E-state index in [1.807, 2.05) is 30.3 Å². The van der Waals surface area contributed by atoms with Gasteiger partial charge in [-0.05, 0) is 49.9 Å². The number of carbonyl (C=O) groups is 1. The summed E-state index contributed by atoms with van der Waals surface area (Å²) in [4.78, 5) is 12.1. The van der Waals surface area contributed by atoms with Gasteiger partial charge >= 0.3 is 0 Å². The van der Waals surface area contributed by atoms with Gasteiger partial charge in [0.15, 0.2) is 5.69 Å². The molecule has 0 bridgehead atoms. The van der Waals surface area contributed by atoms with Crippen LogP contribution in [0.1, 0.15) is 30.3 Å². The maximum Gasteiger partial charge on any atom is 0.276 e. The van der Waals surface area contributed by atoms with Crippen LogP contribution in [0.15, 0.2) is 42.5 Å². The predicted molar refractivity (Wildman–Crippen MR) is 98.2 cm³/mol. The number of hydrazine groups is 1. The van der Waals surface area contributed by atoms with Crippen molar-refractivity contribution in [3.05, 3.63) is 48.2 Å². The number of rotatable bonds is 7. The van der Waals surface area contributed by atoms with Gasteiger partial charge in [0.05, 0.1) is 0 Å². The maximum atomic E-state index is 12.1. The number of aromatic nitrogens is 2. The fourth-order valence-corrected chi connectivity index (χ4v) is 2.84. The van der Waals surface area contributed by atoms with E-state index in [0.717, 1.165) is 31.6 Å². The first-order chi connectivity index (χ1) is 12.2. The van der Waals surface area contributed by atoms with Crippen molar-refractivity contribution in [1.29, 1.82) is 0 Å². The van der Waals surface area contributed by atoms with E-state index in [0.29, 0.717) is 23.5 Å². The number of anilines is 2. The van der Waals surface area contributed by atoms with Crippen LogP contribution < -0.4 is 21.5 Å². The van der Waals surface area contributed by atoms with Gasteiger partial charge in [0.25, 0.3) is 5.91 Å². The number of carbonyl (C=O) groups excluding carboxylic acids is 1. The van der Waals surface area contributed by atoms with Gasteiger partial charge in [-0.25, -0.2) is 0 Å². The Bertz CT molecular complexity index is 676. The molecule has 2 unspecified atom stereocenters. The van der Waals surface area contributed by atoms with Crippen LogP contribution in [0.25, 0.3) is 0 Å². The molecule has 7 heteroatoms. The van der Waals surface area contributed by atoms with Crippen LogP contribution >= 0.6 is 0 Å². The number of amides is 1. The Hall–Kier alpha value is -2.51. The Labute approximate surface area is 147 Å². The zero-order chi connectivity index (χ0) is 17.5. The highest BCUT2D eigenvalue weighted by atomic mass is 16.1. The Morgan fingerprint density at radius 3 is 2.72 bits per heavy atom. The largest absolute Gasteiger partial charge is 0.369 e. The monoisotopic (exact) mass is 340 g/mol. The number of nitrogens with one attached hydrogen (secondary N) is 4. The first kappa shape index (κ1) is 17.3. The van der Waals surface area contributed by atoms with Crippen LogP contribution in [0.5, 0.6) is 0 Å². The minimum absolute atomic E-state index is 0.263. The summed E-state index contributed by atoms with van der Waals surface area (Å²) in [6.45, 7) is 4.06. The molecule has 1 aliphatic heterocycles. The second-order valence-corrected chi connectivity index (χ2v) is 6.27. The van der Waals surface area contributed by atoms with Gasteiger partial charge in [-0.1, -0.05) is 18.2 Å². The lowest BCUT2D eigenvalue weighted by Crippen LogP contribution is -2.28. The summed E-state index contributed by atoms with van der Waals surface area (Å²) in [7, 11) is 0. The summed E-state index contributed by atoms with van der Waals surface area (Å²) in [5.41, 5.74) is 7.45. The average molecular weight is 340 g/mol. The second-order valence-electron chi connectivity index (χ2n) is 6.27. The van der Waals surface area contributed by atoms with Crippen LogP contribution in [0.3, 0.4) is 0 Å². The smallest absolute Gasteiger partial charge is 0.276 e. The van der Waals surface area contributed by atoms with Crippen molar-refractivity contribution in [2.24, 2.45) is 5.92 Å². The predicted octanol–water partition coefficient (Wildman–Crippen LogP) is 2.03. The normalized spacial score (nSPS) is 19.6. The highest BCUT2D eigenvalue weighted by Gasteiger charge is 2.21. The molecule has 1 saturated heterocycles. The first-order valence-corrected chi connectivity index (χ1v) is 8.65. The van der Waals surface area contributed by atoms with E-state index in [1.54, 1.807) is 12.1 Å². The molecule has 0 aliphatic carbocycles. The van der Waals surface area contributed by atoms with Gasteiger partial charge in [-0.2, -0.15) is 0 Å². The van der Waals surface area contributed by atoms with Crippen molar-refractivity contribution in [1.82, 2.24) is 21.0 Å². The van der Waals surface area contributed by atoms with Crippen molar-refractivity contribution in [3.63, 3.8) is 0 Å². The molecule has 1 aromatic heterocycles. The molecule has 4 N–H and O–H groups in total. The number of hydrogen-bond acceptors (Lipinski definition) is 6. The summed E-state index contributed by atoms with van der Waals surface area (Å²) in [5.74, 6) is 1.09. The van der Waals surface area contributed by atoms with Gasteiger partial charge in [-0.3, -0.25) is 15.6 Å². The van der Waals surface area contributed by atoms with Crippen LogP contribution in [-0.4, -0.2) is 35.2 Å². The topological polar surface area (TPSA) is 91.0 Å². The number of nitrogens with zero attached hydrogens (tertiary/aromatic N) is 2. The lowest BCUT2D eigenvalue weighted by Gasteiger charge is -2.13. The zero-order valence-corrected chi connectivity index (χ0v) is 14.3. The van der Waals surface area contributed by atoms with Crippen molar-refractivity contribution >= 4 is 17.4 Å². The SMILES string of the molecule is CC1NNCC1CCCNc1ccc(C(=O)Nc2ccccc2)nn1. The number of para-hydroxylation sites is 1. The minimum Gasteiger partial charge on any atom is -0.369 e. The van der Waals surface area contributed by atoms with E-state index in [1.165, 1.54) is 0 Å². The van der Waals surface area contributed by atoms with E-state index >= 15 is 0 Å². The number of benzene rings is 1. The Morgan fingerprint density at radius 2 is 2.04 bits per heavy atom. The Kier molecular flexibility index (Phi) is 5.92. The van der Waals surface area contributed by atoms with E-state index in [4.69, 9.17) is 0 Å². The van der Waals surface area contributed by atoms with E-state index in [2.05, 4.69) is 38.6 Å². The molecule has 3 rings (SSSR count). The van der Waals surface area contributed by atoms with Gasteiger partial charge < -0.3 is 10.6 Å². The maximum absolute atomic E-state index is 12.1. The summed E-state index contributed by atoms with van der Waals surface area (Å²) in [5, 5.41) is 14.1. The molecule has 132 valence electrons. The van der Waals surface area contributed by atoms with Gasteiger partial charge in [0.2, 0.25) is 0 Å². The van der Waals surface area contributed by atoms with Gasteiger partial charge in [-0.15, -0.1) is 10.2 Å². The third-order valence-electron chi connectivity index (χ3n) is 4.39. The summed E-state index contributed by atoms with van der Waals surface area (Å²) in [6.07, 6.45) is 2.22. The lowest BCUT2D eigenvalue weighted by atomic mass is 9.98. The second kappa shape index (κ2) is 8.55. The molecule has 2 aromatic rings. The van der Waals surface area contributed by atoms with Gasteiger partial charge in [0.1, 0.15) is 5.82 Å². The fourth-order valence-electron chi connectivity index (χ4n) is 2.84. The van der Waals surface area contributed by atoms with Gasteiger partial charge in [0, 0.05) is 24.8 Å². The van der Waals surface area contributed by atoms with Crippen LogP contribution in [0, 0.1) is 5.92 Å². The molecule has 1 fully saturated rings. The quantitative estimate of drug-likeness (QED) is 0.577. The van der Waals surface area contributed by atoms with Crippen LogP contribution in [-0.2, 0) is 0 Å². The van der Waals surface area contributed by atoms with Crippen LogP contribution in [0.4, 0.5) is 11.5 Å². The summed E-state index contributed by atoms with van der Waals surface area (Å²) >= 11 is 0. The molecule has 0 radical (unpaired) electrons. The Morgan fingerprint density at radius 1 is 1.20 bits per heavy atom. The average Bonchev–Trinajstić information content (AvgIpc) is 3.05. The molecule has 1 aromatic carbocycles. The third kappa shape index (κ3) is 4.98. The molecular weight excluding hydrogens is 316 g/mol. The molecule has 25 heavy (non-hydrogen) atoms.